The van der Waals surface area contributed by atoms with Crippen molar-refractivity contribution in [2.45, 2.75) is 45.6 Å². The van der Waals surface area contributed by atoms with Gasteiger partial charge in [0.2, 0.25) is 0 Å². The summed E-state index contributed by atoms with van der Waals surface area (Å²) in [6.07, 6.45) is 4.89. The molecule has 0 saturated heterocycles. The molecule has 1 unspecified atom stereocenters. The van der Waals surface area contributed by atoms with E-state index in [4.69, 9.17) is 0 Å². The fraction of sp³-hybridized carbons (Fsp3) is 0.667. The number of nitrogens with one attached hydrogen (secondary N) is 1. The maximum absolute atomic E-state index is 4.58. The smallest absolute Gasteiger partial charge is 0.115 e. The lowest BCUT2D eigenvalue weighted by molar-refractivity contribution is 0.687. The molecule has 0 aromatic carbocycles. The zero-order valence-electron chi connectivity index (χ0n) is 9.99. The van der Waals surface area contributed by atoms with Gasteiger partial charge in [-0.1, -0.05) is 6.42 Å². The van der Waals surface area contributed by atoms with E-state index in [1.54, 1.807) is 11.3 Å². The number of hydrogen-bond acceptors (Lipinski definition) is 4. The van der Waals surface area contributed by atoms with E-state index >= 15 is 0 Å². The summed E-state index contributed by atoms with van der Waals surface area (Å²) < 4.78 is 0. The zero-order chi connectivity index (χ0) is 11.4. The van der Waals surface area contributed by atoms with Gasteiger partial charge in [0.25, 0.3) is 0 Å². The van der Waals surface area contributed by atoms with E-state index in [0.717, 1.165) is 29.5 Å². The van der Waals surface area contributed by atoms with Crippen molar-refractivity contribution < 1.29 is 0 Å². The van der Waals surface area contributed by atoms with Crippen LogP contribution in [0.1, 0.15) is 49.4 Å². The van der Waals surface area contributed by atoms with Crippen LogP contribution < -0.4 is 5.32 Å². The van der Waals surface area contributed by atoms with Crippen LogP contribution >= 0.6 is 11.3 Å². The first-order valence-electron chi connectivity index (χ1n) is 5.97. The molecule has 1 aliphatic heterocycles. The fourth-order valence-electron chi connectivity index (χ4n) is 1.87. The van der Waals surface area contributed by atoms with E-state index in [9.17, 15) is 0 Å². The van der Waals surface area contributed by atoms with E-state index in [-0.39, 0.29) is 6.04 Å². The van der Waals surface area contributed by atoms with Gasteiger partial charge in [-0.25, -0.2) is 4.98 Å². The SMILES string of the molecule is Cc1csc(C(C)NC2=NCCCCC2)n1. The Hall–Kier alpha value is -0.900. The molecule has 0 amide bonds. The minimum absolute atomic E-state index is 0.288. The third-order valence-corrected chi connectivity index (χ3v) is 3.91. The molecule has 0 spiro atoms. The van der Waals surface area contributed by atoms with Gasteiger partial charge in [0.1, 0.15) is 5.01 Å². The summed E-state index contributed by atoms with van der Waals surface area (Å²) in [5.74, 6) is 1.16. The van der Waals surface area contributed by atoms with E-state index in [2.05, 4.69) is 27.6 Å². The van der Waals surface area contributed by atoms with E-state index in [1.165, 1.54) is 19.3 Å². The summed E-state index contributed by atoms with van der Waals surface area (Å²) in [5, 5.41) is 6.74. The molecule has 2 rings (SSSR count). The Morgan fingerprint density at radius 2 is 2.25 bits per heavy atom. The molecule has 0 radical (unpaired) electrons. The van der Waals surface area contributed by atoms with Crippen molar-refractivity contribution >= 4 is 17.2 Å². The van der Waals surface area contributed by atoms with Gasteiger partial charge in [-0.05, 0) is 26.7 Å². The van der Waals surface area contributed by atoms with Crippen molar-refractivity contribution in [3.05, 3.63) is 16.1 Å². The lowest BCUT2D eigenvalue weighted by atomic mass is 10.2. The standard InChI is InChI=1S/C12H19N3S/c1-9-8-16-12(14-9)10(2)15-11-6-4-3-5-7-13-11/h8,10H,3-7H2,1-2H3,(H,13,15). The Balaban J connectivity index is 1.95. The van der Waals surface area contributed by atoms with Crippen LogP contribution in [0, 0.1) is 6.92 Å². The van der Waals surface area contributed by atoms with Crippen LogP contribution in [-0.2, 0) is 0 Å². The van der Waals surface area contributed by atoms with E-state index in [1.807, 2.05) is 6.92 Å². The Morgan fingerprint density at radius 1 is 1.38 bits per heavy atom. The molecule has 1 aromatic rings. The predicted molar refractivity (Wildman–Crippen MR) is 69.2 cm³/mol. The molecule has 1 N–H and O–H groups in total. The molecule has 0 fully saturated rings. The van der Waals surface area contributed by atoms with Crippen molar-refractivity contribution in [3.8, 4) is 0 Å². The molecule has 88 valence electrons. The highest BCUT2D eigenvalue weighted by Crippen LogP contribution is 2.18. The zero-order valence-corrected chi connectivity index (χ0v) is 10.8. The largest absolute Gasteiger partial charge is 0.365 e. The van der Waals surface area contributed by atoms with Gasteiger partial charge in [-0.15, -0.1) is 11.3 Å². The Morgan fingerprint density at radius 3 is 3.00 bits per heavy atom. The van der Waals surface area contributed by atoms with Crippen LogP contribution in [0.15, 0.2) is 10.4 Å². The number of nitrogens with zero attached hydrogens (tertiary/aromatic N) is 2. The minimum Gasteiger partial charge on any atom is -0.365 e. The van der Waals surface area contributed by atoms with Crippen molar-refractivity contribution in [2.75, 3.05) is 6.54 Å². The van der Waals surface area contributed by atoms with Gasteiger partial charge in [-0.3, -0.25) is 4.99 Å². The Labute approximate surface area is 101 Å². The lowest BCUT2D eigenvalue weighted by Gasteiger charge is -2.13. The van der Waals surface area contributed by atoms with Gasteiger partial charge in [0.15, 0.2) is 0 Å². The number of aliphatic imine (C=N–C) groups is 1. The first-order chi connectivity index (χ1) is 7.75. The highest BCUT2D eigenvalue weighted by Gasteiger charge is 2.12. The summed E-state index contributed by atoms with van der Waals surface area (Å²) in [6, 6.07) is 0.288. The Bertz CT molecular complexity index is 370. The maximum atomic E-state index is 4.58. The lowest BCUT2D eigenvalue weighted by Crippen LogP contribution is -2.26. The van der Waals surface area contributed by atoms with Crippen LogP contribution in [0.3, 0.4) is 0 Å². The number of thiazole rings is 1. The van der Waals surface area contributed by atoms with Gasteiger partial charge < -0.3 is 5.32 Å². The van der Waals surface area contributed by atoms with Gasteiger partial charge in [0.05, 0.1) is 11.9 Å². The molecule has 0 aliphatic carbocycles. The molecule has 1 aliphatic rings. The molecule has 1 atom stereocenters. The van der Waals surface area contributed by atoms with Gasteiger partial charge in [0, 0.05) is 24.0 Å². The number of rotatable bonds is 2. The summed E-state index contributed by atoms with van der Waals surface area (Å²) in [6.45, 7) is 5.17. The molecule has 2 heterocycles. The van der Waals surface area contributed by atoms with Crippen LogP contribution in [0.4, 0.5) is 0 Å². The summed E-state index contributed by atoms with van der Waals surface area (Å²) in [5.41, 5.74) is 1.11. The van der Waals surface area contributed by atoms with Crippen molar-refractivity contribution in [1.82, 2.24) is 10.3 Å². The van der Waals surface area contributed by atoms with Crippen LogP contribution in [-0.4, -0.2) is 17.4 Å². The second kappa shape index (κ2) is 5.43. The molecule has 0 bridgehead atoms. The van der Waals surface area contributed by atoms with Crippen LogP contribution in [0.25, 0.3) is 0 Å². The summed E-state index contributed by atoms with van der Waals surface area (Å²) in [7, 11) is 0. The average Bonchev–Trinajstić information content (AvgIpc) is 2.54. The summed E-state index contributed by atoms with van der Waals surface area (Å²) >= 11 is 1.72. The van der Waals surface area contributed by atoms with E-state index in [0.29, 0.717) is 0 Å². The monoisotopic (exact) mass is 237 g/mol. The Kier molecular flexibility index (Phi) is 3.93. The second-order valence-electron chi connectivity index (χ2n) is 4.33. The highest BCUT2D eigenvalue weighted by atomic mass is 32.1. The third kappa shape index (κ3) is 3.04. The number of amidine groups is 1. The van der Waals surface area contributed by atoms with Crippen LogP contribution in [0.5, 0.6) is 0 Å². The van der Waals surface area contributed by atoms with Crippen molar-refractivity contribution in [3.63, 3.8) is 0 Å². The number of hydrogen-bond donors (Lipinski definition) is 1. The fourth-order valence-corrected chi connectivity index (χ4v) is 2.68. The molecule has 1 aromatic heterocycles. The first-order valence-corrected chi connectivity index (χ1v) is 6.85. The molecule has 16 heavy (non-hydrogen) atoms. The normalized spacial score (nSPS) is 18.8. The minimum atomic E-state index is 0.288. The van der Waals surface area contributed by atoms with E-state index < -0.39 is 0 Å². The molecular formula is C12H19N3S. The highest BCUT2D eigenvalue weighted by molar-refractivity contribution is 7.09. The van der Waals surface area contributed by atoms with Gasteiger partial charge >= 0.3 is 0 Å². The third-order valence-electron chi connectivity index (χ3n) is 2.76. The second-order valence-corrected chi connectivity index (χ2v) is 5.22. The molecule has 3 nitrogen and oxygen atoms in total. The molecular weight excluding hydrogens is 218 g/mol. The quantitative estimate of drug-likeness (QED) is 0.858. The summed E-state index contributed by atoms with van der Waals surface area (Å²) in [4.78, 5) is 9.08. The van der Waals surface area contributed by atoms with Gasteiger partial charge in [-0.2, -0.15) is 0 Å². The maximum Gasteiger partial charge on any atom is 0.115 e. The molecule has 4 heteroatoms. The topological polar surface area (TPSA) is 37.3 Å². The average molecular weight is 237 g/mol. The predicted octanol–water partition coefficient (Wildman–Crippen LogP) is 3.07. The molecule has 0 saturated carbocycles. The first kappa shape index (κ1) is 11.6. The van der Waals surface area contributed by atoms with Crippen LogP contribution in [0.2, 0.25) is 0 Å². The van der Waals surface area contributed by atoms with Crippen molar-refractivity contribution in [1.29, 1.82) is 0 Å². The van der Waals surface area contributed by atoms with Crippen molar-refractivity contribution in [2.24, 2.45) is 4.99 Å². The number of aromatic nitrogens is 1. The number of aryl methyl sites for hydroxylation is 1.